The van der Waals surface area contributed by atoms with Crippen LogP contribution in [0.4, 0.5) is 0 Å². The summed E-state index contributed by atoms with van der Waals surface area (Å²) in [6, 6.07) is 0. The molecule has 0 aliphatic heterocycles. The van der Waals surface area contributed by atoms with E-state index >= 15 is 0 Å². The van der Waals surface area contributed by atoms with E-state index in [9.17, 15) is 0 Å². The maximum atomic E-state index is 9.06. The molecule has 2 nitrogen and oxygen atoms in total. The smallest absolute Gasteiger partial charge is 0.0564 e. The van der Waals surface area contributed by atoms with E-state index in [4.69, 9.17) is 10.2 Å². The monoisotopic (exact) mass is 342 g/mol. The van der Waals surface area contributed by atoms with Crippen LogP contribution in [0.2, 0.25) is 0 Å². The molecule has 2 heteroatoms. The Morgan fingerprint density at radius 2 is 1.42 bits per heavy atom. The van der Waals surface area contributed by atoms with Crippen LogP contribution < -0.4 is 0 Å². The van der Waals surface area contributed by atoms with Crippen LogP contribution in [0, 0.1) is 11.8 Å². The first-order valence-electron chi connectivity index (χ1n) is 10.4. The van der Waals surface area contributed by atoms with Gasteiger partial charge >= 0.3 is 0 Å². The lowest BCUT2D eigenvalue weighted by Crippen LogP contribution is -2.13. The molecule has 0 bridgehead atoms. The molecule has 0 heterocycles. The van der Waals surface area contributed by atoms with E-state index in [2.05, 4.69) is 33.4 Å². The minimum Gasteiger partial charge on any atom is -0.393 e. The van der Waals surface area contributed by atoms with Gasteiger partial charge < -0.3 is 10.2 Å². The van der Waals surface area contributed by atoms with E-state index in [1.807, 2.05) is 6.92 Å². The van der Waals surface area contributed by atoms with Crippen molar-refractivity contribution in [2.75, 3.05) is 0 Å². The standard InChI is InChI=1S/C15H30.C7H16O2/c1-5-9-11-14(7-3)13-15(8-4)12-10-6-2;1-3-4-7(9)5-6(2)8/h7,14-15H,3,5-6,8-13H2,1-2,4H3;6-9H,3-5H2,1-2H3. The van der Waals surface area contributed by atoms with Crippen LogP contribution in [-0.2, 0) is 0 Å². The van der Waals surface area contributed by atoms with Crippen LogP contribution in [-0.4, -0.2) is 22.4 Å². The van der Waals surface area contributed by atoms with Gasteiger partial charge in [-0.2, -0.15) is 0 Å². The number of allylic oxidation sites excluding steroid dienone is 1. The van der Waals surface area contributed by atoms with Crippen LogP contribution in [0.3, 0.4) is 0 Å². The fraction of sp³-hybridized carbons (Fsp3) is 0.909. The highest BCUT2D eigenvalue weighted by Gasteiger charge is 2.11. The third-order valence-corrected chi connectivity index (χ3v) is 4.68. The van der Waals surface area contributed by atoms with Gasteiger partial charge in [-0.3, -0.25) is 0 Å². The van der Waals surface area contributed by atoms with Crippen molar-refractivity contribution in [3.05, 3.63) is 12.7 Å². The van der Waals surface area contributed by atoms with Crippen molar-refractivity contribution < 1.29 is 10.2 Å². The van der Waals surface area contributed by atoms with Gasteiger partial charge in [0.25, 0.3) is 0 Å². The second-order valence-electron chi connectivity index (χ2n) is 7.32. The SMILES string of the molecule is C=CC(CCCC)CC(CC)CCCC.CCCC(O)CC(C)O. The summed E-state index contributed by atoms with van der Waals surface area (Å²) in [5.74, 6) is 1.71. The predicted octanol–water partition coefficient (Wildman–Crippen LogP) is 6.50. The zero-order valence-electron chi connectivity index (χ0n) is 17.3. The first-order valence-corrected chi connectivity index (χ1v) is 10.4. The maximum Gasteiger partial charge on any atom is 0.0564 e. The minimum atomic E-state index is -0.369. The number of hydrogen-bond donors (Lipinski definition) is 2. The summed E-state index contributed by atoms with van der Waals surface area (Å²) < 4.78 is 0. The van der Waals surface area contributed by atoms with Gasteiger partial charge in [0.2, 0.25) is 0 Å². The molecule has 0 saturated heterocycles. The molecule has 0 aromatic rings. The Morgan fingerprint density at radius 1 is 0.833 bits per heavy atom. The Bertz CT molecular complexity index is 250. The topological polar surface area (TPSA) is 40.5 Å². The van der Waals surface area contributed by atoms with E-state index in [-0.39, 0.29) is 12.2 Å². The summed E-state index contributed by atoms with van der Waals surface area (Å²) in [7, 11) is 0. The van der Waals surface area contributed by atoms with Gasteiger partial charge in [0.15, 0.2) is 0 Å². The molecular weight excluding hydrogens is 296 g/mol. The third-order valence-electron chi connectivity index (χ3n) is 4.68. The Kier molecular flexibility index (Phi) is 20.5. The van der Waals surface area contributed by atoms with Crippen molar-refractivity contribution in [2.24, 2.45) is 11.8 Å². The quantitative estimate of drug-likeness (QED) is 0.353. The fourth-order valence-electron chi connectivity index (χ4n) is 3.05. The summed E-state index contributed by atoms with van der Waals surface area (Å²) in [5.41, 5.74) is 0. The lowest BCUT2D eigenvalue weighted by Gasteiger charge is -2.20. The normalized spacial score (nSPS) is 15.8. The second-order valence-corrected chi connectivity index (χ2v) is 7.32. The van der Waals surface area contributed by atoms with Gasteiger partial charge in [-0.25, -0.2) is 0 Å². The van der Waals surface area contributed by atoms with Crippen molar-refractivity contribution in [2.45, 2.75) is 117 Å². The molecule has 0 aromatic carbocycles. The number of aliphatic hydroxyl groups is 2. The van der Waals surface area contributed by atoms with Crippen molar-refractivity contribution >= 4 is 0 Å². The first-order chi connectivity index (χ1) is 11.4. The lowest BCUT2D eigenvalue weighted by atomic mass is 9.86. The second kappa shape index (κ2) is 19.0. The molecular formula is C22H46O2. The zero-order valence-corrected chi connectivity index (χ0v) is 17.3. The fourth-order valence-corrected chi connectivity index (χ4v) is 3.05. The van der Waals surface area contributed by atoms with Crippen LogP contribution in [0.1, 0.15) is 105 Å². The molecule has 0 aliphatic carbocycles. The summed E-state index contributed by atoms with van der Waals surface area (Å²) in [5, 5.41) is 17.8. The van der Waals surface area contributed by atoms with Crippen LogP contribution in [0.5, 0.6) is 0 Å². The molecule has 0 aromatic heterocycles. The third kappa shape index (κ3) is 18.0. The minimum absolute atomic E-state index is 0.310. The molecule has 0 radical (unpaired) electrons. The Hall–Kier alpha value is -0.340. The Morgan fingerprint density at radius 3 is 1.83 bits per heavy atom. The first kappa shape index (κ1) is 25.9. The molecule has 0 spiro atoms. The molecule has 2 N–H and O–H groups in total. The van der Waals surface area contributed by atoms with Gasteiger partial charge in [0, 0.05) is 0 Å². The summed E-state index contributed by atoms with van der Waals surface area (Å²) >= 11 is 0. The van der Waals surface area contributed by atoms with Gasteiger partial charge in [-0.1, -0.05) is 78.7 Å². The highest BCUT2D eigenvalue weighted by Crippen LogP contribution is 2.25. The summed E-state index contributed by atoms with van der Waals surface area (Å²) in [6.07, 6.45) is 14.7. The van der Waals surface area contributed by atoms with Crippen LogP contribution in [0.25, 0.3) is 0 Å². The number of hydrogen-bond acceptors (Lipinski definition) is 2. The van der Waals surface area contributed by atoms with E-state index in [0.717, 1.165) is 24.7 Å². The van der Waals surface area contributed by atoms with E-state index < -0.39 is 0 Å². The molecule has 4 atom stereocenters. The lowest BCUT2D eigenvalue weighted by molar-refractivity contribution is 0.0848. The van der Waals surface area contributed by atoms with Crippen molar-refractivity contribution in [1.29, 1.82) is 0 Å². The molecule has 0 saturated carbocycles. The summed E-state index contributed by atoms with van der Waals surface area (Å²) in [6.45, 7) is 14.6. The van der Waals surface area contributed by atoms with Gasteiger partial charge in [-0.05, 0) is 44.4 Å². The zero-order chi connectivity index (χ0) is 18.8. The van der Waals surface area contributed by atoms with Gasteiger partial charge in [0.05, 0.1) is 12.2 Å². The average molecular weight is 343 g/mol. The molecule has 24 heavy (non-hydrogen) atoms. The van der Waals surface area contributed by atoms with E-state index in [1.165, 1.54) is 51.4 Å². The van der Waals surface area contributed by atoms with Gasteiger partial charge in [0.1, 0.15) is 0 Å². The van der Waals surface area contributed by atoms with Crippen molar-refractivity contribution in [3.8, 4) is 0 Å². The molecule has 146 valence electrons. The highest BCUT2D eigenvalue weighted by atomic mass is 16.3. The largest absolute Gasteiger partial charge is 0.393 e. The van der Waals surface area contributed by atoms with Crippen molar-refractivity contribution in [3.63, 3.8) is 0 Å². The van der Waals surface area contributed by atoms with Crippen LogP contribution >= 0.6 is 0 Å². The Balaban J connectivity index is 0. The molecule has 0 aliphatic rings. The van der Waals surface area contributed by atoms with E-state index in [0.29, 0.717) is 6.42 Å². The number of unbranched alkanes of at least 4 members (excludes halogenated alkanes) is 2. The molecule has 4 unspecified atom stereocenters. The van der Waals surface area contributed by atoms with E-state index in [1.54, 1.807) is 6.92 Å². The summed E-state index contributed by atoms with van der Waals surface area (Å²) in [4.78, 5) is 0. The maximum absolute atomic E-state index is 9.06. The molecule has 0 rings (SSSR count). The Labute approximate surface area is 152 Å². The number of rotatable bonds is 14. The molecule has 0 amide bonds. The average Bonchev–Trinajstić information content (AvgIpc) is 2.54. The van der Waals surface area contributed by atoms with Crippen LogP contribution in [0.15, 0.2) is 12.7 Å². The van der Waals surface area contributed by atoms with Gasteiger partial charge in [-0.15, -0.1) is 6.58 Å². The predicted molar refractivity (Wildman–Crippen MR) is 108 cm³/mol. The van der Waals surface area contributed by atoms with Crippen molar-refractivity contribution in [1.82, 2.24) is 0 Å². The number of aliphatic hydroxyl groups excluding tert-OH is 2. The molecule has 0 fully saturated rings. The highest BCUT2D eigenvalue weighted by molar-refractivity contribution is 4.80.